The van der Waals surface area contributed by atoms with Gasteiger partial charge >= 0.3 is 0 Å². The van der Waals surface area contributed by atoms with E-state index in [9.17, 15) is 0 Å². The van der Waals surface area contributed by atoms with E-state index >= 15 is 0 Å². The van der Waals surface area contributed by atoms with Gasteiger partial charge in [0.1, 0.15) is 5.76 Å². The molecule has 1 aromatic rings. The van der Waals surface area contributed by atoms with E-state index in [4.69, 9.17) is 10.2 Å². The van der Waals surface area contributed by atoms with Crippen LogP contribution in [0.25, 0.3) is 0 Å². The number of rotatable bonds is 3. The summed E-state index contributed by atoms with van der Waals surface area (Å²) in [6, 6.07) is 4.39. The van der Waals surface area contributed by atoms with E-state index < -0.39 is 0 Å². The van der Waals surface area contributed by atoms with Gasteiger partial charge in [0.05, 0.1) is 6.26 Å². The van der Waals surface area contributed by atoms with Gasteiger partial charge in [-0.1, -0.05) is 13.3 Å². The maximum Gasteiger partial charge on any atom is 0.104 e. The first-order chi connectivity index (χ1) is 7.29. The van der Waals surface area contributed by atoms with E-state index in [1.807, 2.05) is 6.07 Å². The molecule has 2 N–H and O–H groups in total. The van der Waals surface area contributed by atoms with Gasteiger partial charge in [-0.05, 0) is 43.2 Å². The third kappa shape index (κ3) is 2.63. The average Bonchev–Trinajstić information content (AvgIpc) is 2.74. The molecule has 0 saturated heterocycles. The maximum absolute atomic E-state index is 6.17. The normalized spacial score (nSPS) is 31.7. The monoisotopic (exact) mass is 207 g/mol. The molecule has 0 spiro atoms. The Hall–Kier alpha value is -0.760. The lowest BCUT2D eigenvalue weighted by Crippen LogP contribution is -2.37. The molecule has 84 valence electrons. The molecule has 2 nitrogen and oxygen atoms in total. The van der Waals surface area contributed by atoms with Crippen LogP contribution in [-0.2, 0) is 6.42 Å². The molecule has 0 radical (unpaired) electrons. The molecule has 0 bridgehead atoms. The number of hydrogen-bond donors (Lipinski definition) is 1. The predicted molar refractivity (Wildman–Crippen MR) is 61.5 cm³/mol. The van der Waals surface area contributed by atoms with Gasteiger partial charge in [-0.2, -0.15) is 0 Å². The maximum atomic E-state index is 6.17. The van der Waals surface area contributed by atoms with Crippen molar-refractivity contribution >= 4 is 0 Å². The highest BCUT2D eigenvalue weighted by Crippen LogP contribution is 2.32. The molecule has 1 fully saturated rings. The lowest BCUT2D eigenvalue weighted by Gasteiger charge is -2.33. The summed E-state index contributed by atoms with van der Waals surface area (Å²) in [5.74, 6) is 2.59. The van der Waals surface area contributed by atoms with Crippen LogP contribution in [0.1, 0.15) is 38.4 Å². The topological polar surface area (TPSA) is 39.2 Å². The zero-order valence-corrected chi connectivity index (χ0v) is 9.49. The van der Waals surface area contributed by atoms with Crippen LogP contribution in [-0.4, -0.2) is 6.04 Å². The smallest absolute Gasteiger partial charge is 0.104 e. The van der Waals surface area contributed by atoms with E-state index in [-0.39, 0.29) is 0 Å². The fourth-order valence-corrected chi connectivity index (χ4v) is 2.68. The molecule has 1 aliphatic rings. The van der Waals surface area contributed by atoms with Crippen molar-refractivity contribution in [1.82, 2.24) is 0 Å². The van der Waals surface area contributed by atoms with Gasteiger partial charge < -0.3 is 10.2 Å². The van der Waals surface area contributed by atoms with Gasteiger partial charge in [-0.15, -0.1) is 0 Å². The Morgan fingerprint density at radius 2 is 2.33 bits per heavy atom. The van der Waals surface area contributed by atoms with Crippen molar-refractivity contribution in [3.05, 3.63) is 24.2 Å². The van der Waals surface area contributed by atoms with E-state index in [2.05, 4.69) is 13.0 Å². The minimum absolute atomic E-state index is 0.373. The molecular formula is C13H21NO. The molecule has 1 aliphatic carbocycles. The largest absolute Gasteiger partial charge is 0.469 e. The molecule has 0 aromatic carbocycles. The summed E-state index contributed by atoms with van der Waals surface area (Å²) >= 11 is 0. The van der Waals surface area contributed by atoms with Gasteiger partial charge in [0.2, 0.25) is 0 Å². The molecule has 0 aliphatic heterocycles. The number of furan rings is 1. The van der Waals surface area contributed by atoms with Gasteiger partial charge in [0.25, 0.3) is 0 Å². The Morgan fingerprint density at radius 3 is 3.00 bits per heavy atom. The van der Waals surface area contributed by atoms with Gasteiger partial charge in [0, 0.05) is 12.5 Å². The van der Waals surface area contributed by atoms with Crippen LogP contribution in [0.5, 0.6) is 0 Å². The number of nitrogens with two attached hydrogens (primary N) is 1. The van der Waals surface area contributed by atoms with Crippen molar-refractivity contribution in [2.24, 2.45) is 17.6 Å². The van der Waals surface area contributed by atoms with Crippen molar-refractivity contribution in [3.63, 3.8) is 0 Å². The highest BCUT2D eigenvalue weighted by Gasteiger charge is 2.27. The van der Waals surface area contributed by atoms with Crippen molar-refractivity contribution in [1.29, 1.82) is 0 Å². The minimum atomic E-state index is 0.373. The second-order valence-electron chi connectivity index (χ2n) is 4.79. The van der Waals surface area contributed by atoms with Crippen LogP contribution >= 0.6 is 0 Å². The summed E-state index contributed by atoms with van der Waals surface area (Å²) in [7, 11) is 0. The van der Waals surface area contributed by atoms with Crippen molar-refractivity contribution in [2.45, 2.75) is 45.1 Å². The number of hydrogen-bond acceptors (Lipinski definition) is 2. The van der Waals surface area contributed by atoms with Crippen LogP contribution in [0.15, 0.2) is 22.8 Å². The van der Waals surface area contributed by atoms with Crippen molar-refractivity contribution in [2.75, 3.05) is 0 Å². The summed E-state index contributed by atoms with van der Waals surface area (Å²) in [6.07, 6.45) is 7.83. The van der Waals surface area contributed by atoms with Crippen LogP contribution in [0.2, 0.25) is 0 Å². The van der Waals surface area contributed by atoms with Crippen molar-refractivity contribution < 1.29 is 4.42 Å². The quantitative estimate of drug-likeness (QED) is 0.827. The second-order valence-corrected chi connectivity index (χ2v) is 4.79. The molecule has 2 rings (SSSR count). The fourth-order valence-electron chi connectivity index (χ4n) is 2.68. The Balaban J connectivity index is 1.94. The summed E-state index contributed by atoms with van der Waals surface area (Å²) in [5, 5.41) is 0. The first-order valence-electron chi connectivity index (χ1n) is 6.07. The molecule has 3 unspecified atom stereocenters. The highest BCUT2D eigenvalue weighted by molar-refractivity contribution is 5.01. The van der Waals surface area contributed by atoms with Crippen molar-refractivity contribution in [3.8, 4) is 0 Å². The zero-order valence-electron chi connectivity index (χ0n) is 9.49. The lowest BCUT2D eigenvalue weighted by atomic mass is 9.75. The molecule has 0 amide bonds. The summed E-state index contributed by atoms with van der Waals surface area (Å²) < 4.78 is 5.40. The molecule has 1 heterocycles. The Kier molecular flexibility index (Phi) is 3.47. The van der Waals surface area contributed by atoms with Crippen LogP contribution in [0.3, 0.4) is 0 Å². The average molecular weight is 207 g/mol. The Labute approximate surface area is 91.8 Å². The Morgan fingerprint density at radius 1 is 1.47 bits per heavy atom. The molecule has 3 atom stereocenters. The van der Waals surface area contributed by atoms with Crippen LogP contribution in [0.4, 0.5) is 0 Å². The third-order valence-corrected chi connectivity index (χ3v) is 3.77. The van der Waals surface area contributed by atoms with Crippen LogP contribution < -0.4 is 5.73 Å². The van der Waals surface area contributed by atoms with E-state index in [1.54, 1.807) is 6.26 Å². The first-order valence-corrected chi connectivity index (χ1v) is 6.07. The summed E-state index contributed by atoms with van der Waals surface area (Å²) in [5.41, 5.74) is 6.17. The molecule has 1 aromatic heterocycles. The third-order valence-electron chi connectivity index (χ3n) is 3.77. The summed E-state index contributed by atoms with van der Waals surface area (Å²) in [4.78, 5) is 0. The molecule has 2 heteroatoms. The Bertz CT molecular complexity index is 281. The van der Waals surface area contributed by atoms with E-state index in [0.717, 1.165) is 18.1 Å². The standard InChI is InChI=1S/C13H21NO/c1-2-10-5-6-13(14)11(8-10)9-12-4-3-7-15-12/h3-4,7,10-11,13H,2,5-6,8-9,14H2,1H3. The predicted octanol–water partition coefficient (Wildman–Crippen LogP) is 2.98. The van der Waals surface area contributed by atoms with Crippen LogP contribution in [0, 0.1) is 11.8 Å². The zero-order chi connectivity index (χ0) is 10.7. The highest BCUT2D eigenvalue weighted by atomic mass is 16.3. The van der Waals surface area contributed by atoms with Gasteiger partial charge in [-0.3, -0.25) is 0 Å². The molecule has 15 heavy (non-hydrogen) atoms. The second kappa shape index (κ2) is 4.84. The van der Waals surface area contributed by atoms with E-state index in [1.165, 1.54) is 25.7 Å². The van der Waals surface area contributed by atoms with Gasteiger partial charge in [-0.25, -0.2) is 0 Å². The fraction of sp³-hybridized carbons (Fsp3) is 0.692. The lowest BCUT2D eigenvalue weighted by molar-refractivity contribution is 0.219. The van der Waals surface area contributed by atoms with Gasteiger partial charge in [0.15, 0.2) is 0 Å². The summed E-state index contributed by atoms with van der Waals surface area (Å²) in [6.45, 7) is 2.28. The SMILES string of the molecule is CCC1CCC(N)C(Cc2ccco2)C1. The molecule has 1 saturated carbocycles. The molecular weight excluding hydrogens is 186 g/mol. The minimum Gasteiger partial charge on any atom is -0.469 e. The first kappa shape index (κ1) is 10.7. The van der Waals surface area contributed by atoms with E-state index in [0.29, 0.717) is 12.0 Å².